The average Bonchev–Trinajstić information content (AvgIpc) is 3.35. The molecule has 0 spiro atoms. The first-order chi connectivity index (χ1) is 19.1. The number of rotatable bonds is 6. The standard InChI is InChI=1S/C30H24F4N2O3S/c1-17-21(15-22-23(30(32,33)34)12-7-13-24(22)31)29-36(28(38)26(17)19-10-6-11-20(37)14-19)25(16-40-29)27(35-39-2)18-8-4-3-5-9-18/h3-14,25,37H,15-16H2,1-2H3. The molecular formula is C30H24F4N2O3S. The Hall–Kier alpha value is -4.05. The fourth-order valence-corrected chi connectivity index (χ4v) is 6.48. The largest absolute Gasteiger partial charge is 0.508 e. The number of nitrogens with zero attached hydrogens (tertiary/aromatic N) is 2. The van der Waals surface area contributed by atoms with Crippen molar-refractivity contribution >= 4 is 17.5 Å². The Morgan fingerprint density at radius 1 is 1.07 bits per heavy atom. The van der Waals surface area contributed by atoms with Crippen LogP contribution in [0.25, 0.3) is 11.1 Å². The number of pyridine rings is 1. The van der Waals surface area contributed by atoms with Crippen LogP contribution in [0.4, 0.5) is 17.6 Å². The first-order valence-electron chi connectivity index (χ1n) is 12.3. The molecule has 0 aliphatic carbocycles. The Labute approximate surface area is 231 Å². The van der Waals surface area contributed by atoms with E-state index < -0.39 is 41.1 Å². The Bertz CT molecular complexity index is 1670. The fraction of sp³-hybridized carbons (Fsp3) is 0.200. The van der Waals surface area contributed by atoms with Gasteiger partial charge in [-0.15, -0.1) is 11.8 Å². The van der Waals surface area contributed by atoms with E-state index in [9.17, 15) is 27.5 Å². The molecule has 10 heteroatoms. The molecule has 1 unspecified atom stereocenters. The molecule has 1 aromatic heterocycles. The second kappa shape index (κ2) is 10.8. The third-order valence-corrected chi connectivity index (χ3v) is 8.11. The van der Waals surface area contributed by atoms with Crippen molar-refractivity contribution in [2.45, 2.75) is 30.6 Å². The Morgan fingerprint density at radius 2 is 1.80 bits per heavy atom. The van der Waals surface area contributed by atoms with Gasteiger partial charge in [0, 0.05) is 23.3 Å². The topological polar surface area (TPSA) is 63.8 Å². The maximum absolute atomic E-state index is 15.0. The van der Waals surface area contributed by atoms with Gasteiger partial charge < -0.3 is 9.94 Å². The van der Waals surface area contributed by atoms with Gasteiger partial charge in [-0.2, -0.15) is 13.2 Å². The smallest absolute Gasteiger partial charge is 0.416 e. The van der Waals surface area contributed by atoms with Crippen LogP contribution in [-0.2, 0) is 17.4 Å². The number of thioether (sulfide) groups is 1. The second-order valence-electron chi connectivity index (χ2n) is 9.30. The molecule has 0 saturated heterocycles. The molecule has 4 aromatic rings. The van der Waals surface area contributed by atoms with Gasteiger partial charge in [0.15, 0.2) is 0 Å². The van der Waals surface area contributed by atoms with Crippen LogP contribution in [0, 0.1) is 12.7 Å². The predicted molar refractivity (Wildman–Crippen MR) is 146 cm³/mol. The van der Waals surface area contributed by atoms with Crippen LogP contribution < -0.4 is 5.56 Å². The van der Waals surface area contributed by atoms with Gasteiger partial charge in [0.25, 0.3) is 5.56 Å². The number of phenolic OH excluding ortho intramolecular Hbond substituents is 1. The summed E-state index contributed by atoms with van der Waals surface area (Å²) in [6, 6.07) is 17.5. The number of aromatic nitrogens is 1. The van der Waals surface area contributed by atoms with Gasteiger partial charge in [0.1, 0.15) is 24.4 Å². The first kappa shape index (κ1) is 27.5. The number of halogens is 4. The van der Waals surface area contributed by atoms with Crippen LogP contribution in [-0.4, -0.2) is 28.2 Å². The summed E-state index contributed by atoms with van der Waals surface area (Å²) in [4.78, 5) is 19.3. The summed E-state index contributed by atoms with van der Waals surface area (Å²) in [5, 5.41) is 14.8. The number of aromatic hydroxyl groups is 1. The molecule has 1 atom stereocenters. The van der Waals surface area contributed by atoms with E-state index in [1.165, 1.54) is 35.6 Å². The van der Waals surface area contributed by atoms with Crippen LogP contribution in [0.1, 0.15) is 33.9 Å². The lowest BCUT2D eigenvalue weighted by molar-refractivity contribution is -0.138. The molecule has 1 aliphatic rings. The van der Waals surface area contributed by atoms with Crippen molar-refractivity contribution in [3.63, 3.8) is 0 Å². The number of phenols is 1. The molecule has 0 fully saturated rings. The minimum atomic E-state index is -4.77. The minimum absolute atomic E-state index is 0.0753. The number of oxime groups is 1. The average molecular weight is 569 g/mol. The van der Waals surface area contributed by atoms with Crippen molar-refractivity contribution in [1.82, 2.24) is 4.57 Å². The lowest BCUT2D eigenvalue weighted by Gasteiger charge is -2.22. The summed E-state index contributed by atoms with van der Waals surface area (Å²) >= 11 is 1.30. The molecule has 0 amide bonds. The van der Waals surface area contributed by atoms with E-state index in [1.54, 1.807) is 19.1 Å². The quantitative estimate of drug-likeness (QED) is 0.155. The van der Waals surface area contributed by atoms with E-state index in [0.29, 0.717) is 38.7 Å². The third kappa shape index (κ3) is 4.99. The highest BCUT2D eigenvalue weighted by Gasteiger charge is 2.37. The monoisotopic (exact) mass is 568 g/mol. The number of benzene rings is 3. The molecule has 5 rings (SSSR count). The zero-order valence-electron chi connectivity index (χ0n) is 21.5. The third-order valence-electron chi connectivity index (χ3n) is 6.91. The molecule has 0 saturated carbocycles. The van der Waals surface area contributed by atoms with Crippen LogP contribution in [0.2, 0.25) is 0 Å². The number of hydrogen-bond donors (Lipinski definition) is 1. The van der Waals surface area contributed by atoms with E-state index in [4.69, 9.17) is 4.84 Å². The predicted octanol–water partition coefficient (Wildman–Crippen LogP) is 6.98. The van der Waals surface area contributed by atoms with Gasteiger partial charge in [-0.1, -0.05) is 53.7 Å². The van der Waals surface area contributed by atoms with Crippen molar-refractivity contribution in [1.29, 1.82) is 0 Å². The van der Waals surface area contributed by atoms with Gasteiger partial charge in [-0.05, 0) is 47.9 Å². The van der Waals surface area contributed by atoms with E-state index in [0.717, 1.165) is 18.2 Å². The molecule has 0 radical (unpaired) electrons. The SMILES string of the molecule is CON=C(c1ccccc1)C1CSc2c(Cc3c(F)cccc3C(F)(F)F)c(C)c(-c3cccc(O)c3)c(=O)n21. The van der Waals surface area contributed by atoms with E-state index in [2.05, 4.69) is 5.16 Å². The molecule has 0 bridgehead atoms. The molecule has 1 N–H and O–H groups in total. The maximum atomic E-state index is 15.0. The van der Waals surface area contributed by atoms with Crippen molar-refractivity contribution in [3.05, 3.63) is 117 Å². The second-order valence-corrected chi connectivity index (χ2v) is 10.3. The van der Waals surface area contributed by atoms with E-state index >= 15 is 0 Å². The lowest BCUT2D eigenvalue weighted by Crippen LogP contribution is -2.32. The number of hydrogen-bond acceptors (Lipinski definition) is 5. The van der Waals surface area contributed by atoms with Crippen LogP contribution in [0.3, 0.4) is 0 Å². The molecule has 1 aliphatic heterocycles. The summed E-state index contributed by atoms with van der Waals surface area (Å²) in [6.45, 7) is 1.64. The Balaban J connectivity index is 1.79. The highest BCUT2D eigenvalue weighted by molar-refractivity contribution is 7.99. The number of fused-ring (bicyclic) bond motifs is 1. The van der Waals surface area contributed by atoms with Crippen molar-refractivity contribution < 1.29 is 27.5 Å². The summed E-state index contributed by atoms with van der Waals surface area (Å²) in [7, 11) is 1.39. The van der Waals surface area contributed by atoms with Gasteiger partial charge in [0.2, 0.25) is 0 Å². The Kier molecular flexibility index (Phi) is 7.46. The number of alkyl halides is 3. The van der Waals surface area contributed by atoms with Gasteiger partial charge >= 0.3 is 6.18 Å². The summed E-state index contributed by atoms with van der Waals surface area (Å²) in [5.74, 6) is -0.705. The molecule has 3 aromatic carbocycles. The van der Waals surface area contributed by atoms with Crippen molar-refractivity contribution in [3.8, 4) is 16.9 Å². The van der Waals surface area contributed by atoms with Crippen LogP contribution >= 0.6 is 11.8 Å². The summed E-state index contributed by atoms with van der Waals surface area (Å²) in [6.07, 6.45) is -5.16. The van der Waals surface area contributed by atoms with Crippen LogP contribution in [0.15, 0.2) is 87.8 Å². The normalized spacial score (nSPS) is 15.2. The van der Waals surface area contributed by atoms with Gasteiger partial charge in [-0.3, -0.25) is 9.36 Å². The van der Waals surface area contributed by atoms with Gasteiger partial charge in [0.05, 0.1) is 22.2 Å². The van der Waals surface area contributed by atoms with E-state index in [-0.39, 0.29) is 11.3 Å². The molecule has 206 valence electrons. The lowest BCUT2D eigenvalue weighted by atomic mass is 9.92. The summed E-state index contributed by atoms with van der Waals surface area (Å²) < 4.78 is 58.2. The van der Waals surface area contributed by atoms with Gasteiger partial charge in [-0.25, -0.2) is 4.39 Å². The first-order valence-corrected chi connectivity index (χ1v) is 13.3. The van der Waals surface area contributed by atoms with Crippen molar-refractivity contribution in [2.75, 3.05) is 12.9 Å². The zero-order chi connectivity index (χ0) is 28.6. The molecule has 5 nitrogen and oxygen atoms in total. The minimum Gasteiger partial charge on any atom is -0.508 e. The molecule has 40 heavy (non-hydrogen) atoms. The maximum Gasteiger partial charge on any atom is 0.416 e. The molecular weight excluding hydrogens is 544 g/mol. The Morgan fingerprint density at radius 3 is 2.48 bits per heavy atom. The zero-order valence-corrected chi connectivity index (χ0v) is 22.3. The molecule has 2 heterocycles. The fourth-order valence-electron chi connectivity index (χ4n) is 5.11. The van der Waals surface area contributed by atoms with Crippen molar-refractivity contribution in [2.24, 2.45) is 5.16 Å². The highest BCUT2D eigenvalue weighted by Crippen LogP contribution is 2.42. The van der Waals surface area contributed by atoms with E-state index in [1.807, 2.05) is 30.3 Å². The highest BCUT2D eigenvalue weighted by atomic mass is 32.2. The van der Waals surface area contributed by atoms with Crippen LogP contribution in [0.5, 0.6) is 5.75 Å². The summed E-state index contributed by atoms with van der Waals surface area (Å²) in [5.41, 5.74) is 0.615.